The second-order valence-electron chi connectivity index (χ2n) is 10.8. The van der Waals surface area contributed by atoms with Gasteiger partial charge < -0.3 is 11.1 Å². The number of nitrogens with one attached hydrogen (secondary N) is 1. The first-order valence-corrected chi connectivity index (χ1v) is 14.8. The van der Waals surface area contributed by atoms with Gasteiger partial charge in [0.05, 0.1) is 30.6 Å². The molecule has 0 spiro atoms. The van der Waals surface area contributed by atoms with Crippen LogP contribution in [-0.4, -0.2) is 63.1 Å². The van der Waals surface area contributed by atoms with E-state index in [1.165, 1.54) is 47.1 Å². The van der Waals surface area contributed by atoms with E-state index in [1.807, 2.05) is 6.07 Å². The molecule has 248 valence electrons. The number of nitrogens with zero attached hydrogens (tertiary/aromatic N) is 4. The predicted molar refractivity (Wildman–Crippen MR) is 163 cm³/mol. The monoisotopic (exact) mass is 656 g/mol. The number of hydrogen-bond acceptors (Lipinski definition) is 6. The van der Waals surface area contributed by atoms with Crippen LogP contribution >= 0.6 is 0 Å². The van der Waals surface area contributed by atoms with Crippen molar-refractivity contribution < 1.29 is 36.3 Å². The summed E-state index contributed by atoms with van der Waals surface area (Å²) in [5, 5.41) is 10.00. The minimum atomic E-state index is -4.58. The highest BCUT2D eigenvalue weighted by Crippen LogP contribution is 2.21. The number of alkyl halides is 4. The summed E-state index contributed by atoms with van der Waals surface area (Å²) < 4.78 is 65.8. The summed E-state index contributed by atoms with van der Waals surface area (Å²) >= 11 is 0. The Kier molecular flexibility index (Phi) is 11.9. The molecule has 47 heavy (non-hydrogen) atoms. The largest absolute Gasteiger partial charge is 0.405 e. The van der Waals surface area contributed by atoms with Gasteiger partial charge in [0, 0.05) is 5.56 Å². The molecule has 1 heterocycles. The molecule has 1 aromatic heterocycles. The quantitative estimate of drug-likeness (QED) is 0.144. The van der Waals surface area contributed by atoms with E-state index in [-0.39, 0.29) is 42.8 Å². The van der Waals surface area contributed by atoms with Gasteiger partial charge in [-0.05, 0) is 73.2 Å². The number of aromatic nitrogens is 3. The molecule has 3 amide bonds. The molecule has 0 aliphatic carbocycles. The van der Waals surface area contributed by atoms with Gasteiger partial charge >= 0.3 is 6.18 Å². The zero-order valence-electron chi connectivity index (χ0n) is 25.2. The van der Waals surface area contributed by atoms with Crippen LogP contribution in [0.5, 0.6) is 0 Å². The lowest BCUT2D eigenvalue weighted by molar-refractivity contribution is -0.130. The number of amides is 3. The number of halogens is 5. The summed E-state index contributed by atoms with van der Waals surface area (Å²) in [6.07, 6.45) is -3.07. The molecule has 4 rings (SSSR count). The third-order valence-electron chi connectivity index (χ3n) is 7.19. The fraction of sp³-hybridized carbons (Fsp3) is 0.303. The third-order valence-corrected chi connectivity index (χ3v) is 7.19. The molecule has 0 aliphatic heterocycles. The lowest BCUT2D eigenvalue weighted by Gasteiger charge is -2.24. The van der Waals surface area contributed by atoms with Gasteiger partial charge in [-0.1, -0.05) is 54.1 Å². The molecule has 0 saturated heterocycles. The summed E-state index contributed by atoms with van der Waals surface area (Å²) in [5.41, 5.74) is 7.76. The highest BCUT2D eigenvalue weighted by molar-refractivity contribution is 6.05. The van der Waals surface area contributed by atoms with Crippen molar-refractivity contribution in [2.24, 2.45) is 5.73 Å². The molecule has 9 nitrogen and oxygen atoms in total. The molecule has 3 aromatic carbocycles. The molecule has 14 heteroatoms. The normalized spacial score (nSPS) is 12.0. The third kappa shape index (κ3) is 9.75. The second kappa shape index (κ2) is 16.0. The molecular formula is C33H33F5N6O3. The first-order chi connectivity index (χ1) is 22.5. The maximum Gasteiger partial charge on any atom is 0.405 e. The molecule has 1 unspecified atom stereocenters. The Morgan fingerprint density at radius 3 is 2.28 bits per heavy atom. The van der Waals surface area contributed by atoms with Gasteiger partial charge in [-0.3, -0.25) is 23.7 Å². The van der Waals surface area contributed by atoms with E-state index in [0.29, 0.717) is 24.1 Å². The maximum atomic E-state index is 14.1. The van der Waals surface area contributed by atoms with Crippen molar-refractivity contribution in [2.75, 3.05) is 13.2 Å². The van der Waals surface area contributed by atoms with Gasteiger partial charge in [0.1, 0.15) is 12.4 Å². The number of rotatable bonds is 14. The van der Waals surface area contributed by atoms with Crippen molar-refractivity contribution >= 4 is 17.7 Å². The van der Waals surface area contributed by atoms with E-state index >= 15 is 0 Å². The summed E-state index contributed by atoms with van der Waals surface area (Å²) in [7, 11) is 0. The van der Waals surface area contributed by atoms with Crippen molar-refractivity contribution in [1.82, 2.24) is 25.2 Å². The molecule has 3 N–H and O–H groups in total. The lowest BCUT2D eigenvalue weighted by Crippen LogP contribution is -2.47. The number of benzene rings is 3. The van der Waals surface area contributed by atoms with Crippen LogP contribution in [-0.2, 0) is 24.2 Å². The molecule has 1 atom stereocenters. The van der Waals surface area contributed by atoms with Crippen LogP contribution in [0.25, 0.3) is 5.69 Å². The van der Waals surface area contributed by atoms with Gasteiger partial charge in [0.2, 0.25) is 5.91 Å². The Labute approximate surface area is 267 Å². The first-order valence-electron chi connectivity index (χ1n) is 14.8. The van der Waals surface area contributed by atoms with Gasteiger partial charge in [0.25, 0.3) is 11.8 Å². The van der Waals surface area contributed by atoms with Crippen LogP contribution in [0.3, 0.4) is 0 Å². The van der Waals surface area contributed by atoms with Crippen LogP contribution in [0.15, 0.2) is 78.9 Å². The van der Waals surface area contributed by atoms with E-state index < -0.39 is 49.0 Å². The molecular weight excluding hydrogens is 623 g/mol. The first kappa shape index (κ1) is 34.9. The van der Waals surface area contributed by atoms with Crippen LogP contribution in [0.1, 0.15) is 56.9 Å². The molecule has 0 aliphatic rings. The van der Waals surface area contributed by atoms with E-state index in [1.54, 1.807) is 35.6 Å². The Balaban J connectivity index is 1.67. The highest BCUT2D eigenvalue weighted by atomic mass is 19.4. The van der Waals surface area contributed by atoms with Gasteiger partial charge in [-0.15, -0.1) is 5.10 Å². The fourth-order valence-corrected chi connectivity index (χ4v) is 4.85. The number of hydrogen-bond donors (Lipinski definition) is 2. The zero-order valence-corrected chi connectivity index (χ0v) is 25.2. The average molecular weight is 657 g/mol. The predicted octanol–water partition coefficient (Wildman–Crippen LogP) is 5.12. The Hall–Kier alpha value is -4.98. The Morgan fingerprint density at radius 2 is 1.62 bits per heavy atom. The lowest BCUT2D eigenvalue weighted by atomic mass is 10.0. The Morgan fingerprint density at radius 1 is 0.915 bits per heavy atom. The van der Waals surface area contributed by atoms with E-state index in [9.17, 15) is 36.3 Å². The molecule has 0 saturated carbocycles. The highest BCUT2D eigenvalue weighted by Gasteiger charge is 2.32. The summed E-state index contributed by atoms with van der Waals surface area (Å²) in [5.74, 6) is -3.06. The van der Waals surface area contributed by atoms with E-state index in [2.05, 4.69) is 10.3 Å². The van der Waals surface area contributed by atoms with Crippen molar-refractivity contribution in [1.29, 1.82) is 0 Å². The zero-order chi connectivity index (χ0) is 34.0. The molecule has 0 radical (unpaired) electrons. The topological polar surface area (TPSA) is 123 Å². The summed E-state index contributed by atoms with van der Waals surface area (Å²) in [6, 6.07) is 18.7. The number of nitrogens with two attached hydrogens (primary N) is 1. The number of carbonyl (C=O) groups is 3. The van der Waals surface area contributed by atoms with Crippen molar-refractivity contribution in [2.45, 2.75) is 50.9 Å². The minimum absolute atomic E-state index is 0.0434. The van der Waals surface area contributed by atoms with E-state index in [4.69, 9.17) is 5.73 Å². The van der Waals surface area contributed by atoms with Crippen molar-refractivity contribution in [3.63, 3.8) is 0 Å². The SMILES string of the molecule is NC(Cc1ccccc1)C(=O)N(Cc1cccc(F)c1)C(=O)c1nnn(-c2ccc(C(=O)NCC(F)(F)F)cc2)c1CCCCCF. The second-order valence-corrected chi connectivity index (χ2v) is 10.8. The Bertz CT molecular complexity index is 1660. The number of imide groups is 1. The van der Waals surface area contributed by atoms with Gasteiger partial charge in [-0.2, -0.15) is 13.2 Å². The van der Waals surface area contributed by atoms with Gasteiger partial charge in [0.15, 0.2) is 5.69 Å². The number of unbranched alkanes of at least 4 members (excludes halogenated alkanes) is 2. The van der Waals surface area contributed by atoms with Crippen LogP contribution < -0.4 is 11.1 Å². The van der Waals surface area contributed by atoms with Crippen LogP contribution in [0.4, 0.5) is 22.0 Å². The smallest absolute Gasteiger partial charge is 0.343 e. The standard InChI is InChI=1S/C33H33F5N6O3/c34-17-6-2-5-12-28-29(41-42-44(28)26-15-13-24(14-16-26)30(45)40-21-33(36,37)38)32(47)43(20-23-10-7-11-25(35)18-23)31(46)27(39)19-22-8-3-1-4-9-22/h1,3-4,7-11,13-16,18,27H,2,5-6,12,17,19-21,39H2,(H,40,45). The molecule has 4 aromatic rings. The van der Waals surface area contributed by atoms with Crippen molar-refractivity contribution in [3.05, 3.63) is 113 Å². The molecule has 0 fully saturated rings. The minimum Gasteiger partial charge on any atom is -0.343 e. The summed E-state index contributed by atoms with van der Waals surface area (Å²) in [4.78, 5) is 40.9. The molecule has 0 bridgehead atoms. The van der Waals surface area contributed by atoms with Crippen LogP contribution in [0.2, 0.25) is 0 Å². The van der Waals surface area contributed by atoms with E-state index in [0.717, 1.165) is 10.5 Å². The van der Waals surface area contributed by atoms with Crippen molar-refractivity contribution in [3.8, 4) is 5.69 Å². The average Bonchev–Trinajstić information content (AvgIpc) is 3.48. The van der Waals surface area contributed by atoms with Gasteiger partial charge in [-0.25, -0.2) is 9.07 Å². The number of carbonyl (C=O) groups excluding carboxylic acids is 3. The summed E-state index contributed by atoms with van der Waals surface area (Å²) in [6.45, 7) is -2.34. The maximum absolute atomic E-state index is 14.1. The fourth-order valence-electron chi connectivity index (χ4n) is 4.85. The van der Waals surface area contributed by atoms with Crippen LogP contribution in [0, 0.1) is 5.82 Å².